The van der Waals surface area contributed by atoms with Crippen LogP contribution in [-0.2, 0) is 5.41 Å². The highest BCUT2D eigenvalue weighted by atomic mass is 16.7. The average molecular weight is 531 g/mol. The summed E-state index contributed by atoms with van der Waals surface area (Å²) in [7, 11) is 5.83. The van der Waals surface area contributed by atoms with Gasteiger partial charge in [-0.15, -0.1) is 0 Å². The van der Waals surface area contributed by atoms with Crippen molar-refractivity contribution in [3.05, 3.63) is 46.0 Å². The molecule has 0 amide bonds. The van der Waals surface area contributed by atoms with Gasteiger partial charge in [-0.25, -0.2) is 0 Å². The molecule has 0 saturated carbocycles. The first-order valence-corrected chi connectivity index (χ1v) is 12.2. The zero-order valence-electron chi connectivity index (χ0n) is 22.4. The van der Waals surface area contributed by atoms with Gasteiger partial charge in [-0.05, 0) is 37.0 Å². The summed E-state index contributed by atoms with van der Waals surface area (Å²) in [4.78, 5) is 11.4. The maximum absolute atomic E-state index is 11.9. The van der Waals surface area contributed by atoms with Gasteiger partial charge < -0.3 is 33.5 Å². The Hall–Kier alpha value is -3.91. The molecule has 1 heterocycles. The van der Waals surface area contributed by atoms with E-state index in [9.17, 15) is 20.5 Å². The summed E-state index contributed by atoms with van der Waals surface area (Å²) < 4.78 is 33.5. The van der Waals surface area contributed by atoms with E-state index in [4.69, 9.17) is 28.4 Å². The van der Waals surface area contributed by atoms with Crippen LogP contribution in [-0.4, -0.2) is 56.9 Å². The van der Waals surface area contributed by atoms with Gasteiger partial charge in [-0.1, -0.05) is 26.0 Å². The molecule has 3 atom stereocenters. The number of hydrogen-bond donors (Lipinski definition) is 1. The summed E-state index contributed by atoms with van der Waals surface area (Å²) in [5, 5.41) is 33.4. The van der Waals surface area contributed by atoms with E-state index in [1.807, 2.05) is 13.8 Å². The predicted octanol–water partition coefficient (Wildman–Crippen LogP) is 4.11. The van der Waals surface area contributed by atoms with Crippen LogP contribution in [0.3, 0.4) is 0 Å². The molecule has 11 heteroatoms. The predicted molar refractivity (Wildman–Crippen MR) is 137 cm³/mol. The fourth-order valence-corrected chi connectivity index (χ4v) is 4.84. The third kappa shape index (κ3) is 5.36. The fourth-order valence-electron chi connectivity index (χ4n) is 4.84. The van der Waals surface area contributed by atoms with E-state index < -0.39 is 28.8 Å². The number of benzene rings is 2. The Kier molecular flexibility index (Phi) is 9.12. The molecule has 2 aromatic carbocycles. The van der Waals surface area contributed by atoms with Gasteiger partial charge in [0.2, 0.25) is 23.8 Å². The Labute approximate surface area is 221 Å². The van der Waals surface area contributed by atoms with Gasteiger partial charge in [-0.3, -0.25) is 10.1 Å². The van der Waals surface area contributed by atoms with Crippen molar-refractivity contribution in [2.24, 2.45) is 5.92 Å². The minimum atomic E-state index is -1.38. The van der Waals surface area contributed by atoms with Crippen LogP contribution in [0.1, 0.15) is 38.7 Å². The van der Waals surface area contributed by atoms with Gasteiger partial charge in [0.1, 0.15) is 6.10 Å². The van der Waals surface area contributed by atoms with E-state index in [-0.39, 0.29) is 36.7 Å². The van der Waals surface area contributed by atoms with Gasteiger partial charge in [-0.2, -0.15) is 5.26 Å². The summed E-state index contributed by atoms with van der Waals surface area (Å²) in [6.07, 6.45) is -2.40. The smallest absolute Gasteiger partial charge is 0.248 e. The molecule has 3 unspecified atom stereocenters. The largest absolute Gasteiger partial charge is 0.493 e. The normalized spacial score (nSPS) is 15.8. The molecule has 0 radical (unpaired) electrons. The quantitative estimate of drug-likeness (QED) is 0.297. The number of para-hydroxylation sites is 2. The van der Waals surface area contributed by atoms with E-state index in [1.165, 1.54) is 28.4 Å². The Morgan fingerprint density at radius 1 is 1.05 bits per heavy atom. The third-order valence-corrected chi connectivity index (χ3v) is 7.00. The van der Waals surface area contributed by atoms with Crippen LogP contribution >= 0.6 is 0 Å². The maximum Gasteiger partial charge on any atom is 0.248 e. The highest BCUT2D eigenvalue weighted by molar-refractivity contribution is 5.65. The minimum absolute atomic E-state index is 0.0448. The van der Waals surface area contributed by atoms with Gasteiger partial charge in [0, 0.05) is 10.5 Å². The number of rotatable bonds is 13. The zero-order chi connectivity index (χ0) is 28.0. The van der Waals surface area contributed by atoms with E-state index in [0.717, 1.165) is 0 Å². The molecule has 38 heavy (non-hydrogen) atoms. The lowest BCUT2D eigenvalue weighted by atomic mass is 9.68. The van der Waals surface area contributed by atoms with Crippen LogP contribution in [0.15, 0.2) is 30.3 Å². The first-order valence-electron chi connectivity index (χ1n) is 12.2. The minimum Gasteiger partial charge on any atom is -0.493 e. The number of hydrogen-bond acceptors (Lipinski definition) is 10. The second-order valence-electron chi connectivity index (χ2n) is 9.27. The topological polar surface area (TPSA) is 143 Å². The number of ether oxygens (including phenoxy) is 6. The van der Waals surface area contributed by atoms with Crippen molar-refractivity contribution in [3.63, 3.8) is 0 Å². The second-order valence-corrected chi connectivity index (χ2v) is 9.27. The number of aliphatic hydroxyl groups is 1. The molecule has 0 bridgehead atoms. The van der Waals surface area contributed by atoms with Crippen molar-refractivity contribution in [1.29, 1.82) is 5.26 Å². The molecule has 0 fully saturated rings. The van der Waals surface area contributed by atoms with Crippen LogP contribution in [0.25, 0.3) is 0 Å². The van der Waals surface area contributed by atoms with Gasteiger partial charge in [0.15, 0.2) is 23.0 Å². The summed E-state index contributed by atoms with van der Waals surface area (Å²) in [5.74, 6) is 1.88. The van der Waals surface area contributed by atoms with Crippen LogP contribution in [0.2, 0.25) is 0 Å². The Morgan fingerprint density at radius 2 is 1.63 bits per heavy atom. The van der Waals surface area contributed by atoms with E-state index in [0.29, 0.717) is 28.6 Å². The number of nitrogens with zero attached hydrogens (tertiary/aromatic N) is 2. The Bertz CT molecular complexity index is 1150. The monoisotopic (exact) mass is 530 g/mol. The number of methoxy groups -OCH3 is 4. The second kappa shape index (κ2) is 12.1. The van der Waals surface area contributed by atoms with E-state index in [2.05, 4.69) is 6.07 Å². The van der Waals surface area contributed by atoms with Gasteiger partial charge >= 0.3 is 0 Å². The first-order chi connectivity index (χ1) is 18.2. The molecule has 0 aromatic heterocycles. The number of nitro groups is 1. The van der Waals surface area contributed by atoms with Crippen molar-refractivity contribution in [2.75, 3.05) is 28.4 Å². The fraction of sp³-hybridized carbons (Fsp3) is 0.519. The van der Waals surface area contributed by atoms with Gasteiger partial charge in [0.25, 0.3) is 0 Å². The molecule has 1 N–H and O–H groups in total. The standard InChI is InChI=1S/C27H34N2O9/c1-16(2)27(15-28,17-13-22(33-3)25(35-5)26(36-6)24(17)34-4)12-11-19(30)18(29(31)32)14-23-37-20-9-7-8-10-21(20)38-23/h7-10,13,16,18-19,23,30H,11-12,14H2,1-6H3. The molecule has 0 spiro atoms. The van der Waals surface area contributed by atoms with Crippen molar-refractivity contribution in [2.45, 2.75) is 57.0 Å². The van der Waals surface area contributed by atoms with Crippen LogP contribution in [0.5, 0.6) is 34.5 Å². The molecule has 206 valence electrons. The summed E-state index contributed by atoms with van der Waals surface area (Å²) in [6, 6.07) is 9.63. The molecule has 0 saturated heterocycles. The molecule has 1 aliphatic rings. The van der Waals surface area contributed by atoms with Crippen molar-refractivity contribution in [1.82, 2.24) is 0 Å². The first kappa shape index (κ1) is 28.7. The highest BCUT2D eigenvalue weighted by Gasteiger charge is 2.44. The molecule has 0 aliphatic carbocycles. The Morgan fingerprint density at radius 3 is 2.08 bits per heavy atom. The van der Waals surface area contributed by atoms with Crippen molar-refractivity contribution < 1.29 is 38.5 Å². The van der Waals surface area contributed by atoms with Gasteiger partial charge in [0.05, 0.1) is 46.3 Å². The molecular formula is C27H34N2O9. The van der Waals surface area contributed by atoms with E-state index >= 15 is 0 Å². The summed E-state index contributed by atoms with van der Waals surface area (Å²) in [6.45, 7) is 3.72. The average Bonchev–Trinajstić information content (AvgIpc) is 3.33. The maximum atomic E-state index is 11.9. The highest BCUT2D eigenvalue weighted by Crippen LogP contribution is 2.52. The molecule has 11 nitrogen and oxygen atoms in total. The Balaban J connectivity index is 1.91. The van der Waals surface area contributed by atoms with Crippen LogP contribution in [0.4, 0.5) is 0 Å². The number of fused-ring (bicyclic) bond motifs is 1. The molecule has 3 rings (SSSR count). The number of aliphatic hydroxyl groups excluding tert-OH is 1. The lowest BCUT2D eigenvalue weighted by Gasteiger charge is -2.34. The SMILES string of the molecule is COc1cc(C(C#N)(CCC(O)C(CC2Oc3ccccc3O2)[N+](=O)[O-])C(C)C)c(OC)c(OC)c1OC. The summed E-state index contributed by atoms with van der Waals surface area (Å²) >= 11 is 0. The van der Waals surface area contributed by atoms with Crippen molar-refractivity contribution >= 4 is 0 Å². The van der Waals surface area contributed by atoms with Crippen LogP contribution in [0, 0.1) is 27.4 Å². The lowest BCUT2D eigenvalue weighted by Crippen LogP contribution is -2.41. The van der Waals surface area contributed by atoms with Crippen LogP contribution < -0.4 is 28.4 Å². The molecular weight excluding hydrogens is 496 g/mol. The summed E-state index contributed by atoms with van der Waals surface area (Å²) in [5.41, 5.74) is -0.744. The third-order valence-electron chi connectivity index (χ3n) is 7.00. The molecule has 2 aromatic rings. The number of nitriles is 1. The van der Waals surface area contributed by atoms with Crippen molar-refractivity contribution in [3.8, 4) is 40.6 Å². The lowest BCUT2D eigenvalue weighted by molar-refractivity contribution is -0.538. The zero-order valence-corrected chi connectivity index (χ0v) is 22.4. The van der Waals surface area contributed by atoms with E-state index in [1.54, 1.807) is 30.3 Å². The molecule has 1 aliphatic heterocycles.